The third kappa shape index (κ3) is 4.37. The van der Waals surface area contributed by atoms with Gasteiger partial charge in [0.15, 0.2) is 0 Å². The highest BCUT2D eigenvalue weighted by molar-refractivity contribution is 5.91. The molecule has 2 aliphatic heterocycles. The number of piperidine rings is 2. The smallest absolute Gasteiger partial charge is 0.322 e. The predicted octanol–water partition coefficient (Wildman–Crippen LogP) is 3.77. The summed E-state index contributed by atoms with van der Waals surface area (Å²) in [7, 11) is 1.60. The number of anilines is 1. The lowest BCUT2D eigenvalue weighted by atomic mass is 9.81. The standard InChI is InChI=1S/C21H31N3O3/c1-21(2,3)19(25)22-14-12-15-8-7-9-16(13-14)24(15)20(26)23-17-10-5-6-11-18(17)27-4/h5-6,10-11,14-16H,7-9,12-13H2,1-4H3,(H,22,25)(H,23,26). The number of carbonyl (C=O) groups is 2. The molecule has 27 heavy (non-hydrogen) atoms. The van der Waals surface area contributed by atoms with Crippen LogP contribution in [0.2, 0.25) is 0 Å². The third-order valence-corrected chi connectivity index (χ3v) is 5.57. The number of benzene rings is 1. The van der Waals surface area contributed by atoms with Crippen LogP contribution in [0.25, 0.3) is 0 Å². The number of methoxy groups -OCH3 is 1. The van der Waals surface area contributed by atoms with Gasteiger partial charge in [-0.15, -0.1) is 0 Å². The maximum absolute atomic E-state index is 13.0. The maximum Gasteiger partial charge on any atom is 0.322 e. The van der Waals surface area contributed by atoms with Crippen molar-refractivity contribution in [2.45, 2.75) is 71.0 Å². The first-order valence-corrected chi connectivity index (χ1v) is 9.83. The van der Waals surface area contributed by atoms with Gasteiger partial charge in [0.05, 0.1) is 12.8 Å². The second kappa shape index (κ2) is 7.79. The summed E-state index contributed by atoms with van der Waals surface area (Å²) in [4.78, 5) is 27.4. The van der Waals surface area contributed by atoms with Crippen molar-refractivity contribution < 1.29 is 14.3 Å². The number of para-hydroxylation sites is 2. The van der Waals surface area contributed by atoms with E-state index in [-0.39, 0.29) is 30.1 Å². The molecule has 3 rings (SSSR count). The number of fused-ring (bicyclic) bond motifs is 2. The van der Waals surface area contributed by atoms with Crippen LogP contribution in [-0.2, 0) is 4.79 Å². The third-order valence-electron chi connectivity index (χ3n) is 5.57. The quantitative estimate of drug-likeness (QED) is 0.847. The molecule has 2 atom stereocenters. The number of hydrogen-bond acceptors (Lipinski definition) is 3. The van der Waals surface area contributed by atoms with Crippen LogP contribution in [0, 0.1) is 5.41 Å². The Morgan fingerprint density at radius 2 is 1.74 bits per heavy atom. The number of nitrogens with zero attached hydrogens (tertiary/aromatic N) is 1. The highest BCUT2D eigenvalue weighted by Crippen LogP contribution is 2.35. The molecule has 0 aliphatic carbocycles. The lowest BCUT2D eigenvalue weighted by molar-refractivity contribution is -0.129. The molecule has 148 valence electrons. The first-order chi connectivity index (χ1) is 12.8. The number of nitrogens with one attached hydrogen (secondary N) is 2. The molecule has 1 aromatic rings. The predicted molar refractivity (Wildman–Crippen MR) is 106 cm³/mol. The van der Waals surface area contributed by atoms with Crippen molar-refractivity contribution >= 4 is 17.6 Å². The van der Waals surface area contributed by atoms with Crippen LogP contribution in [0.5, 0.6) is 5.75 Å². The molecule has 0 spiro atoms. The zero-order chi connectivity index (χ0) is 19.6. The molecule has 1 aromatic carbocycles. The number of rotatable bonds is 3. The minimum atomic E-state index is -0.395. The summed E-state index contributed by atoms with van der Waals surface area (Å²) in [6, 6.07) is 7.85. The summed E-state index contributed by atoms with van der Waals surface area (Å²) in [5.41, 5.74) is 0.291. The Hall–Kier alpha value is -2.24. The van der Waals surface area contributed by atoms with Crippen molar-refractivity contribution in [1.29, 1.82) is 0 Å². The number of carbonyl (C=O) groups excluding carboxylic acids is 2. The van der Waals surface area contributed by atoms with Crippen molar-refractivity contribution in [1.82, 2.24) is 10.2 Å². The minimum Gasteiger partial charge on any atom is -0.495 e. The van der Waals surface area contributed by atoms with Gasteiger partial charge >= 0.3 is 6.03 Å². The molecule has 2 N–H and O–H groups in total. The summed E-state index contributed by atoms with van der Waals surface area (Å²) in [6.07, 6.45) is 4.73. The normalized spacial score (nSPS) is 24.9. The van der Waals surface area contributed by atoms with Gasteiger partial charge in [0.1, 0.15) is 5.75 Å². The molecule has 3 amide bonds. The fraction of sp³-hybridized carbons (Fsp3) is 0.619. The van der Waals surface area contributed by atoms with Gasteiger partial charge in [-0.25, -0.2) is 4.79 Å². The van der Waals surface area contributed by atoms with E-state index in [0.717, 1.165) is 32.1 Å². The van der Waals surface area contributed by atoms with Crippen molar-refractivity contribution in [3.8, 4) is 5.75 Å². The van der Waals surface area contributed by atoms with Gasteiger partial charge in [-0.05, 0) is 44.2 Å². The van der Waals surface area contributed by atoms with Crippen molar-refractivity contribution in [3.05, 3.63) is 24.3 Å². The zero-order valence-electron chi connectivity index (χ0n) is 16.7. The Balaban J connectivity index is 1.69. The molecule has 2 aliphatic rings. The molecular formula is C21H31N3O3. The fourth-order valence-corrected chi connectivity index (χ4v) is 4.16. The monoisotopic (exact) mass is 373 g/mol. The van der Waals surface area contributed by atoms with E-state index >= 15 is 0 Å². The number of amides is 3. The van der Waals surface area contributed by atoms with E-state index in [9.17, 15) is 9.59 Å². The summed E-state index contributed by atoms with van der Waals surface area (Å²) < 4.78 is 5.34. The molecule has 2 heterocycles. The molecule has 2 saturated heterocycles. The van der Waals surface area contributed by atoms with E-state index in [1.165, 1.54) is 0 Å². The Kier molecular flexibility index (Phi) is 5.63. The van der Waals surface area contributed by atoms with Gasteiger partial charge in [0.25, 0.3) is 0 Å². The molecule has 0 aromatic heterocycles. The van der Waals surface area contributed by atoms with E-state index in [0.29, 0.717) is 11.4 Å². The second-order valence-corrected chi connectivity index (χ2v) is 8.67. The molecule has 2 unspecified atom stereocenters. The number of urea groups is 1. The largest absolute Gasteiger partial charge is 0.495 e. The van der Waals surface area contributed by atoms with E-state index in [4.69, 9.17) is 4.74 Å². The SMILES string of the molecule is COc1ccccc1NC(=O)N1C2CCCC1CC(NC(=O)C(C)(C)C)C2. The van der Waals surface area contributed by atoms with E-state index in [1.807, 2.05) is 49.9 Å². The maximum atomic E-state index is 13.0. The van der Waals surface area contributed by atoms with Gasteiger partial charge in [-0.3, -0.25) is 4.79 Å². The number of hydrogen-bond donors (Lipinski definition) is 2. The zero-order valence-corrected chi connectivity index (χ0v) is 16.7. The van der Waals surface area contributed by atoms with Gasteiger partial charge in [-0.2, -0.15) is 0 Å². The van der Waals surface area contributed by atoms with Crippen LogP contribution in [0.1, 0.15) is 52.9 Å². The van der Waals surface area contributed by atoms with Crippen LogP contribution in [0.3, 0.4) is 0 Å². The van der Waals surface area contributed by atoms with Gasteiger partial charge in [0.2, 0.25) is 5.91 Å². The second-order valence-electron chi connectivity index (χ2n) is 8.67. The fourth-order valence-electron chi connectivity index (χ4n) is 4.16. The van der Waals surface area contributed by atoms with Crippen molar-refractivity contribution in [3.63, 3.8) is 0 Å². The van der Waals surface area contributed by atoms with E-state index < -0.39 is 5.41 Å². The Morgan fingerprint density at radius 1 is 1.11 bits per heavy atom. The molecule has 6 nitrogen and oxygen atoms in total. The highest BCUT2D eigenvalue weighted by Gasteiger charge is 2.42. The summed E-state index contributed by atoms with van der Waals surface area (Å²) in [6.45, 7) is 5.79. The number of ether oxygens (including phenoxy) is 1. The van der Waals surface area contributed by atoms with E-state index in [1.54, 1.807) is 7.11 Å². The van der Waals surface area contributed by atoms with Crippen molar-refractivity contribution in [2.24, 2.45) is 5.41 Å². The first-order valence-electron chi connectivity index (χ1n) is 9.83. The Labute approximate surface area is 161 Å². The Bertz CT molecular complexity index is 684. The highest BCUT2D eigenvalue weighted by atomic mass is 16.5. The molecular weight excluding hydrogens is 342 g/mol. The summed E-state index contributed by atoms with van der Waals surface area (Å²) in [5, 5.41) is 6.21. The van der Waals surface area contributed by atoms with Crippen LogP contribution in [0.15, 0.2) is 24.3 Å². The van der Waals surface area contributed by atoms with Crippen LogP contribution in [0.4, 0.5) is 10.5 Å². The Morgan fingerprint density at radius 3 is 2.33 bits per heavy atom. The van der Waals surface area contributed by atoms with E-state index in [2.05, 4.69) is 10.6 Å². The van der Waals surface area contributed by atoms with Gasteiger partial charge < -0.3 is 20.3 Å². The van der Waals surface area contributed by atoms with Crippen molar-refractivity contribution in [2.75, 3.05) is 12.4 Å². The summed E-state index contributed by atoms with van der Waals surface area (Å²) in [5.74, 6) is 0.737. The topological polar surface area (TPSA) is 70.7 Å². The average molecular weight is 373 g/mol. The van der Waals surface area contributed by atoms with Gasteiger partial charge in [0, 0.05) is 23.5 Å². The van der Waals surface area contributed by atoms with Crippen LogP contribution in [-0.4, -0.2) is 42.1 Å². The van der Waals surface area contributed by atoms with Crippen LogP contribution >= 0.6 is 0 Å². The van der Waals surface area contributed by atoms with Crippen LogP contribution < -0.4 is 15.4 Å². The molecule has 2 bridgehead atoms. The summed E-state index contributed by atoms with van der Waals surface area (Å²) >= 11 is 0. The molecule has 6 heteroatoms. The lowest BCUT2D eigenvalue weighted by Crippen LogP contribution is -2.60. The minimum absolute atomic E-state index is 0.0743. The lowest BCUT2D eigenvalue weighted by Gasteiger charge is -2.49. The first kappa shape index (κ1) is 19.5. The molecule has 0 saturated carbocycles. The average Bonchev–Trinajstić information content (AvgIpc) is 2.60. The molecule has 2 fully saturated rings. The molecule has 0 radical (unpaired) electrons. The van der Waals surface area contributed by atoms with Gasteiger partial charge in [-0.1, -0.05) is 32.9 Å².